The van der Waals surface area contributed by atoms with E-state index in [2.05, 4.69) is 11.0 Å². The Balaban J connectivity index is 1.37. The Labute approximate surface area is 221 Å². The second-order valence-electron chi connectivity index (χ2n) is 9.67. The van der Waals surface area contributed by atoms with Crippen LogP contribution in [0.15, 0.2) is 48.8 Å². The first kappa shape index (κ1) is 24.0. The summed E-state index contributed by atoms with van der Waals surface area (Å²) in [5.41, 5.74) is 5.47. The van der Waals surface area contributed by atoms with Crippen molar-refractivity contribution < 1.29 is 23.7 Å². The molecule has 6 rings (SSSR count). The Bertz CT molecular complexity index is 1550. The number of cyclic esters (lactones) is 1. The standard InChI is InChI=1S/C30H29N3O5/c1-33(21-8-9-22-17(11-21)6-5-7-24(22)35-2)30-31-14-20(15-32-30)27-23-13-26(37-4)25(36-3)12-18(23)10-19-16-38-29(34)28(19)27/h5-7,10,12-15,21H,8-9,11,16H2,1-4H3/t21-/m0/s1. The highest BCUT2D eigenvalue weighted by Crippen LogP contribution is 2.42. The number of ether oxygens (including phenoxy) is 4. The lowest BCUT2D eigenvalue weighted by Gasteiger charge is -2.33. The quantitative estimate of drug-likeness (QED) is 0.335. The number of nitrogens with zero attached hydrogens (tertiary/aromatic N) is 3. The number of benzene rings is 3. The monoisotopic (exact) mass is 511 g/mol. The molecule has 3 aromatic carbocycles. The summed E-state index contributed by atoms with van der Waals surface area (Å²) in [5, 5.41) is 1.77. The molecule has 0 spiro atoms. The summed E-state index contributed by atoms with van der Waals surface area (Å²) in [7, 11) is 6.96. The van der Waals surface area contributed by atoms with E-state index in [4.69, 9.17) is 28.9 Å². The van der Waals surface area contributed by atoms with Crippen molar-refractivity contribution in [1.82, 2.24) is 9.97 Å². The lowest BCUT2D eigenvalue weighted by Crippen LogP contribution is -2.37. The average molecular weight is 512 g/mol. The molecule has 0 saturated carbocycles. The molecular weight excluding hydrogens is 482 g/mol. The second-order valence-corrected chi connectivity index (χ2v) is 9.67. The number of carbonyl (C=O) groups is 1. The molecule has 1 atom stereocenters. The number of anilines is 1. The summed E-state index contributed by atoms with van der Waals surface area (Å²) in [4.78, 5) is 24.4. The zero-order valence-electron chi connectivity index (χ0n) is 21.9. The van der Waals surface area contributed by atoms with Gasteiger partial charge in [0.15, 0.2) is 11.5 Å². The molecule has 0 radical (unpaired) electrons. The molecule has 0 bridgehead atoms. The first-order valence-electron chi connectivity index (χ1n) is 12.6. The largest absolute Gasteiger partial charge is 0.496 e. The number of methoxy groups -OCH3 is 3. The molecule has 8 nitrogen and oxygen atoms in total. The van der Waals surface area contributed by atoms with Gasteiger partial charge in [0.1, 0.15) is 12.4 Å². The van der Waals surface area contributed by atoms with Gasteiger partial charge in [0.25, 0.3) is 0 Å². The van der Waals surface area contributed by atoms with Crippen molar-refractivity contribution in [1.29, 1.82) is 0 Å². The van der Waals surface area contributed by atoms with Crippen LogP contribution in [-0.4, -0.2) is 50.4 Å². The van der Waals surface area contributed by atoms with Crippen LogP contribution in [0.25, 0.3) is 21.9 Å². The fourth-order valence-corrected chi connectivity index (χ4v) is 5.72. The molecule has 0 N–H and O–H groups in total. The number of hydrogen-bond donors (Lipinski definition) is 0. The summed E-state index contributed by atoms with van der Waals surface area (Å²) in [6.07, 6.45) is 6.41. The van der Waals surface area contributed by atoms with E-state index in [9.17, 15) is 4.79 Å². The van der Waals surface area contributed by atoms with Gasteiger partial charge in [0.05, 0.1) is 26.9 Å². The van der Waals surface area contributed by atoms with Crippen LogP contribution in [0.5, 0.6) is 17.2 Å². The zero-order chi connectivity index (χ0) is 26.4. The molecule has 0 amide bonds. The van der Waals surface area contributed by atoms with Crippen LogP contribution in [0.1, 0.15) is 33.5 Å². The first-order valence-corrected chi connectivity index (χ1v) is 12.6. The van der Waals surface area contributed by atoms with Gasteiger partial charge in [-0.05, 0) is 65.4 Å². The number of fused-ring (bicyclic) bond motifs is 3. The van der Waals surface area contributed by atoms with Gasteiger partial charge < -0.3 is 23.8 Å². The highest BCUT2D eigenvalue weighted by Gasteiger charge is 2.29. The summed E-state index contributed by atoms with van der Waals surface area (Å²) in [6.45, 7) is 0.237. The van der Waals surface area contributed by atoms with Crippen molar-refractivity contribution >= 4 is 22.7 Å². The number of rotatable bonds is 6. The molecule has 0 saturated heterocycles. The van der Waals surface area contributed by atoms with E-state index in [-0.39, 0.29) is 18.6 Å². The minimum atomic E-state index is -0.343. The van der Waals surface area contributed by atoms with Gasteiger partial charge in [-0.3, -0.25) is 0 Å². The maximum absolute atomic E-state index is 12.8. The number of aromatic nitrogens is 2. The Hall–Kier alpha value is -4.33. The molecule has 0 fully saturated rings. The van der Waals surface area contributed by atoms with Gasteiger partial charge in [-0.25, -0.2) is 14.8 Å². The van der Waals surface area contributed by atoms with Gasteiger partial charge in [-0.2, -0.15) is 0 Å². The van der Waals surface area contributed by atoms with Gasteiger partial charge in [-0.15, -0.1) is 0 Å². The summed E-state index contributed by atoms with van der Waals surface area (Å²) in [6, 6.07) is 12.3. The van der Waals surface area contributed by atoms with E-state index in [1.807, 2.05) is 37.4 Å². The molecule has 38 heavy (non-hydrogen) atoms. The van der Waals surface area contributed by atoms with Crippen LogP contribution < -0.4 is 19.1 Å². The SMILES string of the molecule is COc1cc2cc3c(c(-c4cnc(N(C)[C@H]5CCc6c(cccc6OC)C5)nc4)c2cc1OC)C(=O)OC3. The predicted octanol–water partition coefficient (Wildman–Crippen LogP) is 4.99. The normalized spacial score (nSPS) is 16.0. The van der Waals surface area contributed by atoms with E-state index in [1.165, 1.54) is 11.1 Å². The van der Waals surface area contributed by atoms with Crippen LogP contribution in [-0.2, 0) is 24.2 Å². The highest BCUT2D eigenvalue weighted by molar-refractivity contribution is 6.11. The molecule has 8 heteroatoms. The number of carbonyl (C=O) groups excluding carboxylic acids is 1. The average Bonchev–Trinajstić information content (AvgIpc) is 3.33. The lowest BCUT2D eigenvalue weighted by molar-refractivity contribution is 0.0535. The number of hydrogen-bond acceptors (Lipinski definition) is 8. The second kappa shape index (κ2) is 9.52. The molecule has 0 unspecified atom stereocenters. The predicted molar refractivity (Wildman–Crippen MR) is 144 cm³/mol. The molecule has 4 aromatic rings. The lowest BCUT2D eigenvalue weighted by atomic mass is 9.87. The molecule has 1 aliphatic heterocycles. The fourth-order valence-electron chi connectivity index (χ4n) is 5.72. The maximum Gasteiger partial charge on any atom is 0.339 e. The highest BCUT2D eigenvalue weighted by atomic mass is 16.5. The third-order valence-electron chi connectivity index (χ3n) is 7.71. The van der Waals surface area contributed by atoms with Gasteiger partial charge in [-0.1, -0.05) is 12.1 Å². The van der Waals surface area contributed by atoms with Crippen molar-refractivity contribution in [2.24, 2.45) is 0 Å². The van der Waals surface area contributed by atoms with E-state index in [0.717, 1.165) is 52.5 Å². The minimum Gasteiger partial charge on any atom is -0.496 e. The number of esters is 1. The van der Waals surface area contributed by atoms with Crippen molar-refractivity contribution in [3.8, 4) is 28.4 Å². The van der Waals surface area contributed by atoms with Crippen molar-refractivity contribution in [3.63, 3.8) is 0 Å². The van der Waals surface area contributed by atoms with E-state index < -0.39 is 0 Å². The molecule has 1 aliphatic carbocycles. The molecule has 1 aromatic heterocycles. The maximum atomic E-state index is 12.8. The summed E-state index contributed by atoms with van der Waals surface area (Å²) < 4.78 is 22.0. The van der Waals surface area contributed by atoms with Gasteiger partial charge >= 0.3 is 5.97 Å². The topological polar surface area (TPSA) is 83.0 Å². The summed E-state index contributed by atoms with van der Waals surface area (Å²) in [5.74, 6) is 2.46. The van der Waals surface area contributed by atoms with Gasteiger partial charge in [0.2, 0.25) is 5.95 Å². The fraction of sp³-hybridized carbons (Fsp3) is 0.300. The smallest absolute Gasteiger partial charge is 0.339 e. The third-order valence-corrected chi connectivity index (χ3v) is 7.71. The Kier molecular flexibility index (Phi) is 6.02. The Morgan fingerprint density at radius 2 is 1.66 bits per heavy atom. The van der Waals surface area contributed by atoms with E-state index >= 15 is 0 Å². The summed E-state index contributed by atoms with van der Waals surface area (Å²) >= 11 is 0. The molecular formula is C30H29N3O5. The first-order chi connectivity index (χ1) is 18.5. The van der Waals surface area contributed by atoms with Crippen LogP contribution in [0.4, 0.5) is 5.95 Å². The molecule has 2 heterocycles. The Morgan fingerprint density at radius 3 is 2.39 bits per heavy atom. The number of likely N-dealkylation sites (N-methyl/N-ethyl adjacent to an activating group) is 1. The van der Waals surface area contributed by atoms with Crippen LogP contribution in [0.2, 0.25) is 0 Å². The van der Waals surface area contributed by atoms with E-state index in [0.29, 0.717) is 23.0 Å². The van der Waals surface area contributed by atoms with Crippen molar-refractivity contribution in [2.45, 2.75) is 31.9 Å². The zero-order valence-corrected chi connectivity index (χ0v) is 21.9. The third kappa shape index (κ3) is 3.88. The Morgan fingerprint density at radius 1 is 0.921 bits per heavy atom. The molecule has 194 valence electrons. The van der Waals surface area contributed by atoms with E-state index in [1.54, 1.807) is 33.7 Å². The van der Waals surface area contributed by atoms with Crippen LogP contribution in [0.3, 0.4) is 0 Å². The minimum absolute atomic E-state index is 0.237. The van der Waals surface area contributed by atoms with Crippen LogP contribution in [0, 0.1) is 0 Å². The van der Waals surface area contributed by atoms with Crippen LogP contribution >= 0.6 is 0 Å². The van der Waals surface area contributed by atoms with Gasteiger partial charge in [0, 0.05) is 42.2 Å². The molecule has 2 aliphatic rings. The van der Waals surface area contributed by atoms with Crippen molar-refractivity contribution in [2.75, 3.05) is 33.3 Å². The van der Waals surface area contributed by atoms with Crippen molar-refractivity contribution in [3.05, 3.63) is 71.0 Å².